The van der Waals surface area contributed by atoms with E-state index >= 15 is 0 Å². The zero-order valence-corrected chi connectivity index (χ0v) is 24.6. The van der Waals surface area contributed by atoms with E-state index in [2.05, 4.69) is 70.9 Å². The molecule has 3 aromatic carbocycles. The molecule has 7 rings (SSSR count). The van der Waals surface area contributed by atoms with Gasteiger partial charge in [0, 0.05) is 50.2 Å². The second-order valence-corrected chi connectivity index (χ2v) is 13.9. The molecular weight excluding hydrogens is 518 g/mol. The minimum Gasteiger partial charge on any atom is -0.496 e. The fourth-order valence-corrected chi connectivity index (χ4v) is 8.40. The van der Waals surface area contributed by atoms with Gasteiger partial charge in [-0.3, -0.25) is 9.21 Å². The number of benzene rings is 3. The highest BCUT2D eigenvalue weighted by molar-refractivity contribution is 7.92. The summed E-state index contributed by atoms with van der Waals surface area (Å²) < 4.78 is 31.6. The van der Waals surface area contributed by atoms with Crippen LogP contribution in [0.1, 0.15) is 41.9 Å². The van der Waals surface area contributed by atoms with Gasteiger partial charge in [0.15, 0.2) is 0 Å². The minimum absolute atomic E-state index is 0.258. The maximum atomic E-state index is 12.3. The number of piperidine rings is 3. The third-order valence-electron chi connectivity index (χ3n) is 9.69. The Morgan fingerprint density at radius 2 is 1.55 bits per heavy atom. The standard InChI is InChI=1S/C33H41N3O3S/c1-35(40(3,37)38)28-17-18-29(39-2)27(19-28)20-34-32-30-25-15-10-16-26(30)22-36(21-25)33(32)31(23-11-6-4-7-12-23)24-13-8-5-9-14-24/h4-9,11-14,17-19,25-26,30-34H,10,15-16,20-22H2,1-3H3. The number of ether oxygens (including phenoxy) is 1. The molecule has 4 bridgehead atoms. The predicted octanol–water partition coefficient (Wildman–Crippen LogP) is 5.11. The molecule has 0 radical (unpaired) electrons. The zero-order valence-electron chi connectivity index (χ0n) is 23.7. The van der Waals surface area contributed by atoms with Gasteiger partial charge in [0.1, 0.15) is 5.75 Å². The van der Waals surface area contributed by atoms with Crippen molar-refractivity contribution in [3.05, 3.63) is 95.6 Å². The van der Waals surface area contributed by atoms with Gasteiger partial charge in [-0.25, -0.2) is 8.42 Å². The van der Waals surface area contributed by atoms with Gasteiger partial charge in [-0.05, 0) is 59.9 Å². The summed E-state index contributed by atoms with van der Waals surface area (Å²) in [5, 5.41) is 4.06. The first kappa shape index (κ1) is 27.3. The van der Waals surface area contributed by atoms with Crippen LogP contribution in [0.5, 0.6) is 5.75 Å². The number of nitrogens with one attached hydrogen (secondary N) is 1. The third-order valence-corrected chi connectivity index (χ3v) is 10.9. The minimum atomic E-state index is -3.36. The quantitative estimate of drug-likeness (QED) is 0.395. The largest absolute Gasteiger partial charge is 0.496 e. The SMILES string of the molecule is COc1ccc(N(C)S(C)(=O)=O)cc1CNC1C2C3CCCC2CN(C3)C1C(c1ccccc1)c1ccccc1. The van der Waals surface area contributed by atoms with Crippen molar-refractivity contribution >= 4 is 15.7 Å². The molecule has 0 aromatic heterocycles. The highest BCUT2D eigenvalue weighted by Crippen LogP contribution is 2.51. The summed E-state index contributed by atoms with van der Waals surface area (Å²) in [6.45, 7) is 2.98. The molecule has 7 heteroatoms. The summed E-state index contributed by atoms with van der Waals surface area (Å²) in [7, 11) is -0.0787. The van der Waals surface area contributed by atoms with Crippen LogP contribution < -0.4 is 14.4 Å². The zero-order chi connectivity index (χ0) is 27.9. The van der Waals surface area contributed by atoms with E-state index in [1.807, 2.05) is 18.2 Å². The summed E-state index contributed by atoms with van der Waals surface area (Å²) in [6.07, 6.45) is 5.19. The number of rotatable bonds is 9. The van der Waals surface area contributed by atoms with Gasteiger partial charge in [-0.1, -0.05) is 67.1 Å². The summed E-state index contributed by atoms with van der Waals surface area (Å²) >= 11 is 0. The highest BCUT2D eigenvalue weighted by Gasteiger charge is 2.55. The molecule has 0 amide bonds. The number of nitrogens with zero attached hydrogens (tertiary/aromatic N) is 2. The van der Waals surface area contributed by atoms with E-state index in [0.29, 0.717) is 30.2 Å². The molecular formula is C33H41N3O3S. The number of fused-ring (bicyclic) bond motifs is 1. The van der Waals surface area contributed by atoms with E-state index in [4.69, 9.17) is 4.74 Å². The lowest BCUT2D eigenvalue weighted by Gasteiger charge is -2.62. The van der Waals surface area contributed by atoms with E-state index in [1.54, 1.807) is 14.2 Å². The molecule has 212 valence electrons. The van der Waals surface area contributed by atoms with E-state index in [9.17, 15) is 8.42 Å². The molecule has 4 atom stereocenters. The van der Waals surface area contributed by atoms with Gasteiger partial charge >= 0.3 is 0 Å². The molecule has 4 unspecified atom stereocenters. The molecule has 3 heterocycles. The average Bonchev–Trinajstić information content (AvgIpc) is 2.96. The Kier molecular flexibility index (Phi) is 7.64. The monoisotopic (exact) mass is 559 g/mol. The molecule has 1 aliphatic carbocycles. The fourth-order valence-electron chi connectivity index (χ4n) is 7.90. The average molecular weight is 560 g/mol. The van der Waals surface area contributed by atoms with Crippen molar-refractivity contribution in [2.24, 2.45) is 17.8 Å². The van der Waals surface area contributed by atoms with Crippen molar-refractivity contribution in [1.29, 1.82) is 0 Å². The van der Waals surface area contributed by atoms with Gasteiger partial charge in [0.25, 0.3) is 0 Å². The van der Waals surface area contributed by atoms with Crippen LogP contribution in [0, 0.1) is 17.8 Å². The molecule has 3 saturated heterocycles. The summed E-state index contributed by atoms with van der Waals surface area (Å²) in [5.74, 6) is 3.11. The van der Waals surface area contributed by atoms with Gasteiger partial charge in [-0.15, -0.1) is 0 Å². The van der Waals surface area contributed by atoms with Crippen LogP contribution in [-0.2, 0) is 16.6 Å². The Hall–Kier alpha value is -2.87. The Morgan fingerprint density at radius 3 is 2.10 bits per heavy atom. The van der Waals surface area contributed by atoms with E-state index in [0.717, 1.165) is 23.1 Å². The van der Waals surface area contributed by atoms with Gasteiger partial charge < -0.3 is 10.1 Å². The van der Waals surface area contributed by atoms with Crippen molar-refractivity contribution in [2.75, 3.05) is 37.8 Å². The molecule has 1 saturated carbocycles. The Balaban J connectivity index is 1.38. The smallest absolute Gasteiger partial charge is 0.231 e. The fraction of sp³-hybridized carbons (Fsp3) is 0.455. The molecule has 3 aromatic rings. The number of hydrogen-bond acceptors (Lipinski definition) is 5. The first-order valence-corrected chi connectivity index (χ1v) is 16.4. The summed E-state index contributed by atoms with van der Waals surface area (Å²) in [6, 6.07) is 28.3. The van der Waals surface area contributed by atoms with E-state index in [1.165, 1.54) is 54.0 Å². The topological polar surface area (TPSA) is 61.9 Å². The first-order chi connectivity index (χ1) is 19.3. The second kappa shape index (κ2) is 11.2. The van der Waals surface area contributed by atoms with Crippen LogP contribution >= 0.6 is 0 Å². The predicted molar refractivity (Wildman–Crippen MR) is 161 cm³/mol. The Bertz CT molecular complexity index is 1360. The van der Waals surface area contributed by atoms with Crippen LogP contribution in [0.4, 0.5) is 5.69 Å². The first-order valence-electron chi connectivity index (χ1n) is 14.5. The van der Waals surface area contributed by atoms with Crippen molar-refractivity contribution < 1.29 is 13.2 Å². The summed E-state index contributed by atoms with van der Waals surface area (Å²) in [4.78, 5) is 2.79. The van der Waals surface area contributed by atoms with Crippen LogP contribution in [0.25, 0.3) is 0 Å². The van der Waals surface area contributed by atoms with Crippen molar-refractivity contribution in [1.82, 2.24) is 10.2 Å². The second-order valence-electron chi connectivity index (χ2n) is 11.9. The highest BCUT2D eigenvalue weighted by atomic mass is 32.2. The molecule has 4 fully saturated rings. The lowest BCUT2D eigenvalue weighted by molar-refractivity contribution is -0.0976. The van der Waals surface area contributed by atoms with Crippen molar-refractivity contribution in [2.45, 2.75) is 43.8 Å². The Labute approximate surface area is 239 Å². The maximum Gasteiger partial charge on any atom is 0.231 e. The van der Waals surface area contributed by atoms with Crippen molar-refractivity contribution in [3.63, 3.8) is 0 Å². The molecule has 0 spiro atoms. The number of sulfonamides is 1. The van der Waals surface area contributed by atoms with Crippen LogP contribution in [-0.4, -0.2) is 58.9 Å². The molecule has 40 heavy (non-hydrogen) atoms. The van der Waals surface area contributed by atoms with Crippen LogP contribution in [0.2, 0.25) is 0 Å². The third kappa shape index (κ3) is 5.15. The normalized spacial score (nSPS) is 27.5. The Morgan fingerprint density at radius 1 is 0.950 bits per heavy atom. The maximum absolute atomic E-state index is 12.3. The molecule has 6 nitrogen and oxygen atoms in total. The van der Waals surface area contributed by atoms with E-state index in [-0.39, 0.29) is 5.92 Å². The van der Waals surface area contributed by atoms with Crippen LogP contribution in [0.15, 0.2) is 78.9 Å². The van der Waals surface area contributed by atoms with Gasteiger partial charge in [0.2, 0.25) is 10.0 Å². The van der Waals surface area contributed by atoms with E-state index < -0.39 is 10.0 Å². The molecule has 3 aliphatic heterocycles. The molecule has 4 aliphatic rings. The van der Waals surface area contributed by atoms with Gasteiger partial charge in [0.05, 0.1) is 19.1 Å². The van der Waals surface area contributed by atoms with Crippen LogP contribution in [0.3, 0.4) is 0 Å². The number of methoxy groups -OCH3 is 1. The lowest BCUT2D eigenvalue weighted by Crippen LogP contribution is -2.71. The molecule has 1 N–H and O–H groups in total. The number of anilines is 1. The lowest BCUT2D eigenvalue weighted by atomic mass is 9.58. The van der Waals surface area contributed by atoms with Crippen molar-refractivity contribution in [3.8, 4) is 5.75 Å². The van der Waals surface area contributed by atoms with Gasteiger partial charge in [-0.2, -0.15) is 0 Å². The number of hydrogen-bond donors (Lipinski definition) is 1. The summed E-state index contributed by atoms with van der Waals surface area (Å²) in [5.41, 5.74) is 4.34.